The lowest BCUT2D eigenvalue weighted by atomic mass is 9.52. The van der Waals surface area contributed by atoms with Crippen molar-refractivity contribution in [3.05, 3.63) is 58.7 Å². The minimum absolute atomic E-state index is 0. The summed E-state index contributed by atoms with van der Waals surface area (Å²) >= 11 is 0. The molecule has 2 aliphatic heterocycles. The Morgan fingerprint density at radius 1 is 0.619 bits per heavy atom. The number of aliphatic hydroxyl groups excluding tert-OH is 2. The van der Waals surface area contributed by atoms with Crippen LogP contribution in [0.2, 0.25) is 0 Å². The number of nitrogens with one attached hydrogen (secondary N) is 1. The van der Waals surface area contributed by atoms with E-state index in [0.29, 0.717) is 51.4 Å². The number of carbonyl (C=O) groups is 2. The van der Waals surface area contributed by atoms with Crippen LogP contribution in [-0.2, 0) is 62.6 Å². The maximum absolute atomic E-state index is 13.4. The summed E-state index contributed by atoms with van der Waals surface area (Å²) < 4.78 is 198. The summed E-state index contributed by atoms with van der Waals surface area (Å²) in [7, 11) is -9.54. The Balaban J connectivity index is 0.000000269. The van der Waals surface area contributed by atoms with E-state index >= 15 is 0 Å². The van der Waals surface area contributed by atoms with Crippen molar-refractivity contribution in [1.29, 1.82) is 0 Å². The predicted molar refractivity (Wildman–Crippen MR) is 348 cm³/mol. The fourth-order valence-electron chi connectivity index (χ4n) is 17.4. The summed E-state index contributed by atoms with van der Waals surface area (Å²) in [5, 5.41) is 24.8. The summed E-state index contributed by atoms with van der Waals surface area (Å²) in [6.07, 6.45) is -2.61. The second-order valence-corrected chi connectivity index (χ2v) is 34.0. The van der Waals surface area contributed by atoms with Crippen LogP contribution in [0.15, 0.2) is 36.4 Å². The number of esters is 2. The van der Waals surface area contributed by atoms with Gasteiger partial charge in [-0.25, -0.2) is 9.13 Å². The Morgan fingerprint density at radius 3 is 1.45 bits per heavy atom. The van der Waals surface area contributed by atoms with Gasteiger partial charge in [0.1, 0.15) is 23.6 Å². The van der Waals surface area contributed by atoms with Crippen molar-refractivity contribution in [1.82, 2.24) is 9.99 Å². The lowest BCUT2D eigenvalue weighted by Crippen LogP contribution is -2.47. The number of rotatable bonds is 23. The van der Waals surface area contributed by atoms with Gasteiger partial charge in [-0.1, -0.05) is 33.4 Å². The molecule has 2 aromatic carbocycles. The molecule has 17 atom stereocenters. The van der Waals surface area contributed by atoms with Crippen molar-refractivity contribution in [2.45, 2.75) is 223 Å². The monoisotopic (exact) mass is 1500 g/mol. The number of halogens is 11. The third-order valence-corrected chi connectivity index (χ3v) is 27.1. The Morgan fingerprint density at radius 2 is 1.05 bits per heavy atom. The molecule has 0 spiro atoms. The number of ether oxygens (including phenoxy) is 2. The van der Waals surface area contributed by atoms with Gasteiger partial charge in [0.15, 0.2) is 0 Å². The molecule has 6 aliphatic carbocycles. The number of aliphatic hydroxyl groups is 2. The molecule has 8 aliphatic rings. The van der Waals surface area contributed by atoms with Crippen molar-refractivity contribution in [3.8, 4) is 11.5 Å². The van der Waals surface area contributed by atoms with Crippen LogP contribution in [0.5, 0.6) is 11.5 Å². The van der Waals surface area contributed by atoms with Crippen LogP contribution in [0.4, 0.5) is 43.9 Å². The second kappa shape index (κ2) is 33.7. The SMILES string of the molecule is C.COC(=O)[C@@H]1CCCN1.COC(=O)[C@@H]1CCCN1P(=O)(O)Oc1ccc2c(c1)C[C@@H](CCCS(=O)CCCC(F)(F)C(F)(F)F)[C@@H]1[C@@H]2CC[C@]2(C)[C@@H](O)CC[C@@H]12.C[C@]12CC[C@@H]3c4ccc(OP(=O)(O)O)cc4C[C@@H](CCCS(=O)CCCC(F)(F)C(F)(F)F)[C@H]3[C@@H]1CC[C@@H]2O.Cl. The summed E-state index contributed by atoms with van der Waals surface area (Å²) in [5.74, 6) is -8.43. The highest BCUT2D eigenvalue weighted by molar-refractivity contribution is 7.85. The summed E-state index contributed by atoms with van der Waals surface area (Å²) in [6, 6.07) is 9.60. The molecule has 3 unspecified atom stereocenters. The van der Waals surface area contributed by atoms with Crippen LogP contribution in [-0.4, -0.2) is 149 Å². The van der Waals surface area contributed by atoms with E-state index in [2.05, 4.69) is 23.9 Å². The van der Waals surface area contributed by atoms with Gasteiger partial charge in [-0.2, -0.15) is 48.6 Å². The zero-order valence-corrected chi connectivity index (χ0v) is 58.6. The number of phosphoric acid groups is 1. The molecule has 97 heavy (non-hydrogen) atoms. The molecule has 6 fully saturated rings. The third kappa shape index (κ3) is 19.7. The topological polar surface area (TPSA) is 256 Å². The van der Waals surface area contributed by atoms with Crippen molar-refractivity contribution in [3.63, 3.8) is 0 Å². The number of alkyl halides is 10. The van der Waals surface area contributed by atoms with E-state index in [1.807, 2.05) is 12.1 Å². The van der Waals surface area contributed by atoms with Gasteiger partial charge in [-0.3, -0.25) is 27.8 Å². The van der Waals surface area contributed by atoms with Gasteiger partial charge >= 0.3 is 51.7 Å². The Bertz CT molecular complexity index is 3130. The maximum atomic E-state index is 13.4. The number of methoxy groups -OCH3 is 2. The molecule has 32 heteroatoms. The van der Waals surface area contributed by atoms with Crippen LogP contribution >= 0.6 is 28.0 Å². The lowest BCUT2D eigenvalue weighted by Gasteiger charge is -2.53. The first-order valence-corrected chi connectivity index (χ1v) is 39.0. The van der Waals surface area contributed by atoms with Crippen LogP contribution in [0, 0.1) is 46.3 Å². The molecule has 2 aromatic rings. The summed E-state index contributed by atoms with van der Waals surface area (Å²) in [5.41, 5.74) is 3.74. The van der Waals surface area contributed by atoms with Crippen LogP contribution in [0.1, 0.15) is 184 Å². The number of nitrogens with zero attached hydrogens (tertiary/aromatic N) is 1. The Kier molecular flexibility index (Phi) is 28.8. The Labute approximate surface area is 572 Å². The average molecular weight is 1500 g/mol. The molecule has 0 aromatic heterocycles. The number of benzene rings is 2. The molecule has 0 radical (unpaired) electrons. The smallest absolute Gasteiger partial charge is 0.468 e. The van der Waals surface area contributed by atoms with Gasteiger partial charge in [0.25, 0.3) is 0 Å². The third-order valence-electron chi connectivity index (χ3n) is 22.1. The number of hydrogen-bond donors (Lipinski definition) is 6. The van der Waals surface area contributed by atoms with Crippen LogP contribution in [0.25, 0.3) is 0 Å². The first kappa shape index (κ1) is 83.0. The normalized spacial score (nSPS) is 31.2. The second-order valence-electron chi connectivity index (χ2n) is 27.8. The number of phosphoric ester groups is 1. The highest BCUT2D eigenvalue weighted by Crippen LogP contribution is 2.65. The highest BCUT2D eigenvalue weighted by Gasteiger charge is 2.60. The molecule has 4 saturated carbocycles. The van der Waals surface area contributed by atoms with Gasteiger partial charge in [0, 0.05) is 64.0 Å². The van der Waals surface area contributed by atoms with Crippen molar-refractivity contribution < 1.29 is 114 Å². The standard InChI is InChI=1S/C32H45F5NO7PS.C26H36F5O6PS.C6H11NO2.CH4.ClH/c1-30-14-12-24-23-9-8-22(45-46(41,42)38-15-3-7-26(38)29(40)44-2)19-21(23)18-20(28(24)25(30)10-11-27(30)39)6-4-16-47(43)17-5-13-31(33,34)32(35,36)37;1-24-11-9-20-19-6-5-18(37-38(33,34)35)15-17(19)14-16(23(20)21(24)7-8-22(24)32)4-2-12-39(36)13-3-10-25(27,28)26(29,30)31;1-9-6(8)5-3-2-4-7-5;;/h8-9,19-20,24-28,39H,3-7,10-18H2,1-2H3,(H,41,42);5-6,15-16,20-23,32H,2-4,7-14H2,1H3,(H2,33,34,35);5,7H,2-4H2,1H3;1H4;1H/t20-,24-,25+,26+,27+,28-,30+,47?;16-,20-,21+,22+,23-,24+,39?;5-;;/m110../s1. The van der Waals surface area contributed by atoms with Crippen molar-refractivity contribution in [2.24, 2.45) is 46.3 Å². The molecule has 10 rings (SSSR count). The molecule has 2 saturated heterocycles. The first-order valence-electron chi connectivity index (χ1n) is 33.0. The van der Waals surface area contributed by atoms with E-state index in [9.17, 15) is 95.9 Å². The maximum Gasteiger partial charge on any atom is 0.524 e. The molecule has 556 valence electrons. The van der Waals surface area contributed by atoms with Gasteiger partial charge in [0.2, 0.25) is 0 Å². The van der Waals surface area contributed by atoms with Gasteiger partial charge < -0.3 is 38.9 Å². The van der Waals surface area contributed by atoms with Gasteiger partial charge in [-0.15, -0.1) is 12.4 Å². The quantitative estimate of drug-likeness (QED) is 0.0343. The zero-order chi connectivity index (χ0) is 69.9. The molecule has 0 amide bonds. The predicted octanol–water partition coefficient (Wildman–Crippen LogP) is 13.8. The van der Waals surface area contributed by atoms with Crippen LogP contribution < -0.4 is 14.4 Å². The van der Waals surface area contributed by atoms with E-state index in [1.165, 1.54) is 14.2 Å². The Hall–Kier alpha value is -2.95. The van der Waals surface area contributed by atoms with Gasteiger partial charge in [0.05, 0.1) is 26.4 Å². The van der Waals surface area contributed by atoms with Gasteiger partial charge in [-0.05, 0) is 240 Å². The summed E-state index contributed by atoms with van der Waals surface area (Å²) in [6.45, 7) is 5.45. The molecule has 6 N–H and O–H groups in total. The minimum atomic E-state index is -5.62. The lowest BCUT2D eigenvalue weighted by molar-refractivity contribution is -0.284. The molecule has 2 heterocycles. The van der Waals surface area contributed by atoms with Crippen molar-refractivity contribution in [2.75, 3.05) is 50.3 Å². The number of fused-ring (bicyclic) bond motifs is 10. The zero-order valence-electron chi connectivity index (χ0n) is 54.4. The molecule has 17 nitrogen and oxygen atoms in total. The first-order chi connectivity index (χ1) is 44.3. The number of carbonyl (C=O) groups excluding carboxylic acids is 2. The minimum Gasteiger partial charge on any atom is -0.468 e. The van der Waals surface area contributed by atoms with E-state index in [-0.39, 0.29) is 137 Å². The van der Waals surface area contributed by atoms with Crippen molar-refractivity contribution >= 4 is 61.5 Å². The molecule has 0 bridgehead atoms. The number of hydrogen-bond acceptors (Lipinski definition) is 13. The molecular formula is C65H97ClF10N2O15P2S2. The molecular weight excluding hydrogens is 1400 g/mol. The fourth-order valence-corrected chi connectivity index (χ4v) is 21.5. The van der Waals surface area contributed by atoms with E-state index in [1.54, 1.807) is 24.3 Å². The average Bonchev–Trinajstić information content (AvgIpc) is 1.71. The van der Waals surface area contributed by atoms with Crippen LogP contribution in [0.3, 0.4) is 0 Å². The summed E-state index contributed by atoms with van der Waals surface area (Å²) in [4.78, 5) is 52.3. The van der Waals surface area contributed by atoms with E-state index in [4.69, 9.17) is 13.8 Å². The fraction of sp³-hybridized carbons (Fsp3) is 0.785. The highest BCUT2D eigenvalue weighted by atomic mass is 35.5. The largest absolute Gasteiger partial charge is 0.524 e. The van der Waals surface area contributed by atoms with E-state index in [0.717, 1.165) is 97.7 Å². The van der Waals surface area contributed by atoms with E-state index < -0.39 is 105 Å².